The fourth-order valence-electron chi connectivity index (χ4n) is 2.43. The Labute approximate surface area is 113 Å². The van der Waals surface area contributed by atoms with Gasteiger partial charge in [-0.25, -0.2) is 9.69 Å². The lowest BCUT2D eigenvalue weighted by Crippen LogP contribution is -2.47. The summed E-state index contributed by atoms with van der Waals surface area (Å²) in [6.45, 7) is 0.526. The highest BCUT2D eigenvalue weighted by atomic mass is 16.6. The van der Waals surface area contributed by atoms with E-state index in [1.54, 1.807) is 0 Å². The van der Waals surface area contributed by atoms with Crippen molar-refractivity contribution in [1.82, 2.24) is 5.32 Å². The van der Waals surface area contributed by atoms with Gasteiger partial charge in [0.15, 0.2) is 0 Å². The second-order valence-electron chi connectivity index (χ2n) is 4.73. The molecular weight excluding hydrogens is 266 g/mol. The molecule has 1 atom stereocenters. The Hall–Kier alpha value is -2.48. The summed E-state index contributed by atoms with van der Waals surface area (Å²) < 4.78 is 5.18. The van der Waals surface area contributed by atoms with Gasteiger partial charge in [0, 0.05) is 25.2 Å². The van der Waals surface area contributed by atoms with Gasteiger partial charge in [-0.05, 0) is 6.07 Å². The Morgan fingerprint density at radius 2 is 2.20 bits per heavy atom. The molecule has 8 heteroatoms. The topological polar surface area (TPSA) is 102 Å². The summed E-state index contributed by atoms with van der Waals surface area (Å²) in [7, 11) is 0. The molecule has 2 aliphatic heterocycles. The molecule has 1 spiro atoms. The van der Waals surface area contributed by atoms with Crippen LogP contribution in [-0.4, -0.2) is 35.6 Å². The lowest BCUT2D eigenvalue weighted by Gasteiger charge is -2.18. The first-order valence-electron chi connectivity index (χ1n) is 6.02. The fourth-order valence-corrected chi connectivity index (χ4v) is 2.43. The number of nitro benzene ring substituents is 1. The number of nitrogens with one attached hydrogen (secondary N) is 1. The van der Waals surface area contributed by atoms with E-state index in [2.05, 4.69) is 5.32 Å². The van der Waals surface area contributed by atoms with Gasteiger partial charge in [-0.15, -0.1) is 0 Å². The lowest BCUT2D eigenvalue weighted by molar-refractivity contribution is -0.384. The fraction of sp³-hybridized carbons (Fsp3) is 0.333. The largest absolute Gasteiger partial charge is 0.378 e. The van der Waals surface area contributed by atoms with E-state index in [1.807, 2.05) is 0 Å². The number of rotatable bonds is 2. The molecule has 2 heterocycles. The zero-order chi connectivity index (χ0) is 14.3. The van der Waals surface area contributed by atoms with Crippen LogP contribution in [0.25, 0.3) is 0 Å². The van der Waals surface area contributed by atoms with Gasteiger partial charge in [0.1, 0.15) is 5.54 Å². The third-order valence-corrected chi connectivity index (χ3v) is 3.48. The standard InChI is InChI=1S/C12H11N3O5/c16-10-12(4-5-20-7-12)13-11(17)14(10)8-2-1-3-9(6-8)15(18)19/h1-3,6H,4-5,7H2,(H,13,17). The number of urea groups is 1. The van der Waals surface area contributed by atoms with Gasteiger partial charge in [-0.1, -0.05) is 6.07 Å². The van der Waals surface area contributed by atoms with Crippen LogP contribution in [0.15, 0.2) is 24.3 Å². The number of carbonyl (C=O) groups excluding carboxylic acids is 2. The zero-order valence-electron chi connectivity index (χ0n) is 10.4. The van der Waals surface area contributed by atoms with Crippen molar-refractivity contribution in [2.75, 3.05) is 18.1 Å². The monoisotopic (exact) mass is 277 g/mol. The number of imide groups is 1. The molecule has 0 aromatic heterocycles. The lowest BCUT2D eigenvalue weighted by atomic mass is 9.99. The van der Waals surface area contributed by atoms with Gasteiger partial charge in [0.25, 0.3) is 11.6 Å². The molecule has 8 nitrogen and oxygen atoms in total. The molecule has 3 amide bonds. The highest BCUT2D eigenvalue weighted by Gasteiger charge is 2.54. The van der Waals surface area contributed by atoms with Crippen molar-refractivity contribution in [2.24, 2.45) is 0 Å². The van der Waals surface area contributed by atoms with Gasteiger partial charge in [0.05, 0.1) is 17.2 Å². The second kappa shape index (κ2) is 4.27. The molecule has 1 unspecified atom stereocenters. The second-order valence-corrected chi connectivity index (χ2v) is 4.73. The quantitative estimate of drug-likeness (QED) is 0.489. The molecule has 1 aromatic carbocycles. The number of benzene rings is 1. The van der Waals surface area contributed by atoms with E-state index in [1.165, 1.54) is 24.3 Å². The number of nitro groups is 1. The molecular formula is C12H11N3O5. The predicted octanol–water partition coefficient (Wildman–Crippen LogP) is 0.810. The van der Waals surface area contributed by atoms with E-state index in [-0.39, 0.29) is 18.0 Å². The number of non-ortho nitro benzene ring substituents is 1. The maximum Gasteiger partial charge on any atom is 0.329 e. The van der Waals surface area contributed by atoms with E-state index >= 15 is 0 Å². The van der Waals surface area contributed by atoms with Crippen LogP contribution in [0.5, 0.6) is 0 Å². The van der Waals surface area contributed by atoms with Crippen molar-refractivity contribution < 1.29 is 19.2 Å². The molecule has 0 radical (unpaired) electrons. The van der Waals surface area contributed by atoms with E-state index in [9.17, 15) is 19.7 Å². The smallest absolute Gasteiger partial charge is 0.329 e. The molecule has 20 heavy (non-hydrogen) atoms. The first kappa shape index (κ1) is 12.5. The molecule has 2 saturated heterocycles. The molecule has 0 bridgehead atoms. The summed E-state index contributed by atoms with van der Waals surface area (Å²) in [5, 5.41) is 13.4. The maximum atomic E-state index is 12.4. The number of hydrogen-bond donors (Lipinski definition) is 1. The number of amides is 3. The van der Waals surface area contributed by atoms with Crippen LogP contribution in [0.4, 0.5) is 16.2 Å². The van der Waals surface area contributed by atoms with Crippen LogP contribution in [0.3, 0.4) is 0 Å². The first-order chi connectivity index (χ1) is 9.53. The third-order valence-electron chi connectivity index (χ3n) is 3.48. The van der Waals surface area contributed by atoms with E-state index in [0.717, 1.165) is 4.90 Å². The van der Waals surface area contributed by atoms with Crippen molar-refractivity contribution in [1.29, 1.82) is 0 Å². The van der Waals surface area contributed by atoms with Crippen molar-refractivity contribution in [3.63, 3.8) is 0 Å². The Morgan fingerprint density at radius 3 is 2.85 bits per heavy atom. The van der Waals surface area contributed by atoms with E-state index < -0.39 is 22.4 Å². The molecule has 2 fully saturated rings. The minimum atomic E-state index is -1.03. The number of nitrogens with zero attached hydrogens (tertiary/aromatic N) is 2. The normalized spacial score (nSPS) is 25.3. The zero-order valence-corrected chi connectivity index (χ0v) is 10.4. The number of carbonyl (C=O) groups is 2. The molecule has 104 valence electrons. The maximum absolute atomic E-state index is 12.4. The van der Waals surface area contributed by atoms with Crippen LogP contribution >= 0.6 is 0 Å². The molecule has 1 N–H and O–H groups in total. The minimum absolute atomic E-state index is 0.128. The highest BCUT2D eigenvalue weighted by molar-refractivity contribution is 6.23. The van der Waals surface area contributed by atoms with Gasteiger partial charge < -0.3 is 10.1 Å². The molecule has 2 aliphatic rings. The third kappa shape index (κ3) is 1.73. The summed E-state index contributed by atoms with van der Waals surface area (Å²) in [4.78, 5) is 35.5. The molecule has 0 saturated carbocycles. The van der Waals surface area contributed by atoms with Crippen LogP contribution < -0.4 is 10.2 Å². The van der Waals surface area contributed by atoms with Crippen molar-refractivity contribution in [2.45, 2.75) is 12.0 Å². The van der Waals surface area contributed by atoms with Crippen LogP contribution in [0.1, 0.15) is 6.42 Å². The van der Waals surface area contributed by atoms with Gasteiger partial charge >= 0.3 is 6.03 Å². The predicted molar refractivity (Wildman–Crippen MR) is 67.3 cm³/mol. The van der Waals surface area contributed by atoms with Gasteiger partial charge in [-0.2, -0.15) is 0 Å². The van der Waals surface area contributed by atoms with E-state index in [0.29, 0.717) is 13.0 Å². The Kier molecular flexibility index (Phi) is 2.68. The van der Waals surface area contributed by atoms with Crippen molar-refractivity contribution in [3.05, 3.63) is 34.4 Å². The van der Waals surface area contributed by atoms with Crippen LogP contribution in [0, 0.1) is 10.1 Å². The SMILES string of the molecule is O=C1NC2(CCOC2)C(=O)N1c1cccc([N+](=O)[O-])c1. The average molecular weight is 277 g/mol. The van der Waals surface area contributed by atoms with E-state index in [4.69, 9.17) is 4.74 Å². The Bertz CT molecular complexity index is 609. The number of hydrogen-bond acceptors (Lipinski definition) is 5. The van der Waals surface area contributed by atoms with Crippen molar-refractivity contribution >= 4 is 23.3 Å². The molecule has 0 aliphatic carbocycles. The summed E-state index contributed by atoms with van der Waals surface area (Å²) in [6, 6.07) is 4.84. The van der Waals surface area contributed by atoms with Crippen molar-refractivity contribution in [3.8, 4) is 0 Å². The number of ether oxygens (including phenoxy) is 1. The van der Waals surface area contributed by atoms with Crippen LogP contribution in [-0.2, 0) is 9.53 Å². The Morgan fingerprint density at radius 1 is 1.40 bits per heavy atom. The Balaban J connectivity index is 1.98. The minimum Gasteiger partial charge on any atom is -0.378 e. The summed E-state index contributed by atoms with van der Waals surface area (Å²) in [5.74, 6) is -0.430. The first-order valence-corrected chi connectivity index (χ1v) is 6.02. The van der Waals surface area contributed by atoms with Gasteiger partial charge in [-0.3, -0.25) is 14.9 Å². The summed E-state index contributed by atoms with van der Waals surface area (Å²) >= 11 is 0. The average Bonchev–Trinajstić information content (AvgIpc) is 2.97. The highest BCUT2D eigenvalue weighted by Crippen LogP contribution is 2.31. The molecule has 3 rings (SSSR count). The summed E-state index contributed by atoms with van der Waals surface area (Å²) in [6.07, 6.45) is 0.406. The van der Waals surface area contributed by atoms with Gasteiger partial charge in [0.2, 0.25) is 0 Å². The number of anilines is 1. The summed E-state index contributed by atoms with van der Waals surface area (Å²) in [5.41, 5.74) is -1.01. The molecule has 1 aromatic rings. The van der Waals surface area contributed by atoms with Crippen LogP contribution in [0.2, 0.25) is 0 Å².